The first-order chi connectivity index (χ1) is 9.08. The first kappa shape index (κ1) is 15.8. The van der Waals surface area contributed by atoms with Gasteiger partial charge in [0, 0.05) is 25.1 Å². The van der Waals surface area contributed by atoms with Gasteiger partial charge < -0.3 is 0 Å². The van der Waals surface area contributed by atoms with Gasteiger partial charge in [-0.2, -0.15) is 0 Å². The van der Waals surface area contributed by atoms with Gasteiger partial charge in [0.1, 0.15) is 0 Å². The van der Waals surface area contributed by atoms with Crippen molar-refractivity contribution < 1.29 is 0 Å². The van der Waals surface area contributed by atoms with Gasteiger partial charge in [-0.05, 0) is 25.2 Å². The van der Waals surface area contributed by atoms with Crippen molar-refractivity contribution in [3.05, 3.63) is 11.9 Å². The Morgan fingerprint density at radius 2 is 1.95 bits per heavy atom. The molecule has 0 aromatic carbocycles. The van der Waals surface area contributed by atoms with E-state index in [-0.39, 0.29) is 0 Å². The zero-order valence-electron chi connectivity index (χ0n) is 12.8. The Morgan fingerprint density at radius 1 is 1.16 bits per heavy atom. The summed E-state index contributed by atoms with van der Waals surface area (Å²) in [7, 11) is 0. The van der Waals surface area contributed by atoms with Crippen LogP contribution in [0, 0.1) is 23.7 Å². The fourth-order valence-corrected chi connectivity index (χ4v) is 1.89. The van der Waals surface area contributed by atoms with E-state index in [0.29, 0.717) is 11.8 Å². The maximum Gasteiger partial charge on any atom is 0.0827 e. The second kappa shape index (κ2) is 8.74. The smallest absolute Gasteiger partial charge is 0.0827 e. The molecule has 0 unspecified atom stereocenters. The van der Waals surface area contributed by atoms with Crippen LogP contribution in [0.3, 0.4) is 0 Å². The Hall–Kier alpha value is -1.30. The molecule has 0 atom stereocenters. The molecule has 0 fully saturated rings. The summed E-state index contributed by atoms with van der Waals surface area (Å²) >= 11 is 0. The fourth-order valence-electron chi connectivity index (χ4n) is 1.89. The zero-order valence-corrected chi connectivity index (χ0v) is 12.8. The average Bonchev–Trinajstić information content (AvgIpc) is 2.74. The maximum absolute atomic E-state index is 4.21. The van der Waals surface area contributed by atoms with Crippen LogP contribution in [0.2, 0.25) is 0 Å². The lowest BCUT2D eigenvalue weighted by Gasteiger charge is -2.01. The van der Waals surface area contributed by atoms with Gasteiger partial charge in [0.25, 0.3) is 0 Å². The molecular formula is C16H27N3. The van der Waals surface area contributed by atoms with Gasteiger partial charge in [0.05, 0.1) is 5.69 Å². The summed E-state index contributed by atoms with van der Waals surface area (Å²) in [5.41, 5.74) is 1.12. The molecule has 0 amide bonds. The molecule has 0 spiro atoms. The van der Waals surface area contributed by atoms with E-state index >= 15 is 0 Å². The monoisotopic (exact) mass is 261 g/mol. The molecule has 0 bridgehead atoms. The maximum atomic E-state index is 4.21. The Labute approximate surface area is 117 Å². The van der Waals surface area contributed by atoms with Gasteiger partial charge in [-0.3, -0.25) is 4.68 Å². The van der Waals surface area contributed by atoms with Crippen LogP contribution in [-0.2, 0) is 13.0 Å². The third-order valence-electron chi connectivity index (χ3n) is 2.76. The second-order valence-corrected chi connectivity index (χ2v) is 5.86. The topological polar surface area (TPSA) is 30.7 Å². The summed E-state index contributed by atoms with van der Waals surface area (Å²) in [5, 5.41) is 8.36. The highest BCUT2D eigenvalue weighted by molar-refractivity contribution is 5.01. The van der Waals surface area contributed by atoms with E-state index in [9.17, 15) is 0 Å². The predicted molar refractivity (Wildman–Crippen MR) is 79.6 cm³/mol. The molecule has 1 rings (SSSR count). The van der Waals surface area contributed by atoms with Crippen LogP contribution in [0.15, 0.2) is 6.20 Å². The Balaban J connectivity index is 2.13. The van der Waals surface area contributed by atoms with Gasteiger partial charge in [0.15, 0.2) is 0 Å². The third kappa shape index (κ3) is 7.66. The Bertz CT molecular complexity index is 407. The SMILES string of the molecule is CC(C)C#CCCCCCc1cn(CC(C)C)nn1. The standard InChI is InChI=1S/C16H27N3/c1-14(2)10-8-6-5-7-9-11-16-13-19(18-17-16)12-15(3)4/h13-15H,5-7,9,11-12H2,1-4H3. The van der Waals surface area contributed by atoms with Crippen molar-refractivity contribution in [2.24, 2.45) is 11.8 Å². The minimum Gasteiger partial charge on any atom is -0.252 e. The number of aromatic nitrogens is 3. The average molecular weight is 261 g/mol. The summed E-state index contributed by atoms with van der Waals surface area (Å²) < 4.78 is 1.95. The fraction of sp³-hybridized carbons (Fsp3) is 0.750. The number of rotatable bonds is 7. The highest BCUT2D eigenvalue weighted by atomic mass is 15.4. The molecule has 0 saturated heterocycles. The van der Waals surface area contributed by atoms with E-state index in [4.69, 9.17) is 0 Å². The summed E-state index contributed by atoms with van der Waals surface area (Å²) in [6.45, 7) is 9.61. The van der Waals surface area contributed by atoms with Gasteiger partial charge in [-0.15, -0.1) is 16.9 Å². The van der Waals surface area contributed by atoms with E-state index in [1.165, 1.54) is 19.3 Å². The van der Waals surface area contributed by atoms with Crippen molar-refractivity contribution in [1.29, 1.82) is 0 Å². The normalized spacial score (nSPS) is 10.8. The van der Waals surface area contributed by atoms with Crippen molar-refractivity contribution in [3.63, 3.8) is 0 Å². The number of unbranched alkanes of at least 4 members (excludes halogenated alkanes) is 3. The number of hydrogen-bond acceptors (Lipinski definition) is 2. The highest BCUT2D eigenvalue weighted by Crippen LogP contribution is 2.06. The van der Waals surface area contributed by atoms with E-state index in [1.807, 2.05) is 4.68 Å². The van der Waals surface area contributed by atoms with Crippen LogP contribution in [-0.4, -0.2) is 15.0 Å². The minimum atomic E-state index is 0.496. The Kier molecular flexibility index (Phi) is 7.25. The highest BCUT2D eigenvalue weighted by Gasteiger charge is 2.02. The molecule has 1 heterocycles. The van der Waals surface area contributed by atoms with Crippen molar-refractivity contribution in [2.75, 3.05) is 0 Å². The molecule has 0 radical (unpaired) electrons. The predicted octanol–water partition coefficient (Wildman–Crippen LogP) is 3.70. The molecule has 106 valence electrons. The molecular weight excluding hydrogens is 234 g/mol. The van der Waals surface area contributed by atoms with E-state index in [0.717, 1.165) is 25.1 Å². The molecule has 1 aromatic rings. The van der Waals surface area contributed by atoms with Crippen molar-refractivity contribution in [2.45, 2.75) is 66.3 Å². The number of nitrogens with zero attached hydrogens (tertiary/aromatic N) is 3. The first-order valence-corrected chi connectivity index (χ1v) is 7.45. The van der Waals surface area contributed by atoms with E-state index < -0.39 is 0 Å². The third-order valence-corrected chi connectivity index (χ3v) is 2.76. The summed E-state index contributed by atoms with van der Waals surface area (Å²) in [6.07, 6.45) is 7.75. The molecule has 0 saturated carbocycles. The Morgan fingerprint density at radius 3 is 2.63 bits per heavy atom. The van der Waals surface area contributed by atoms with Crippen LogP contribution in [0.5, 0.6) is 0 Å². The van der Waals surface area contributed by atoms with Crippen molar-refractivity contribution >= 4 is 0 Å². The van der Waals surface area contributed by atoms with E-state index in [2.05, 4.69) is 56.0 Å². The van der Waals surface area contributed by atoms with Crippen LogP contribution in [0.25, 0.3) is 0 Å². The minimum absolute atomic E-state index is 0.496. The summed E-state index contributed by atoms with van der Waals surface area (Å²) in [5.74, 6) is 7.54. The molecule has 3 nitrogen and oxygen atoms in total. The quantitative estimate of drug-likeness (QED) is 0.553. The molecule has 0 aliphatic carbocycles. The summed E-state index contributed by atoms with van der Waals surface area (Å²) in [6, 6.07) is 0. The van der Waals surface area contributed by atoms with Gasteiger partial charge >= 0.3 is 0 Å². The van der Waals surface area contributed by atoms with Gasteiger partial charge in [0.2, 0.25) is 0 Å². The van der Waals surface area contributed by atoms with Crippen molar-refractivity contribution in [3.8, 4) is 11.8 Å². The molecule has 0 N–H and O–H groups in total. The second-order valence-electron chi connectivity index (χ2n) is 5.86. The molecule has 19 heavy (non-hydrogen) atoms. The van der Waals surface area contributed by atoms with Crippen LogP contribution < -0.4 is 0 Å². The first-order valence-electron chi connectivity index (χ1n) is 7.45. The molecule has 3 heteroatoms. The van der Waals surface area contributed by atoms with E-state index in [1.54, 1.807) is 0 Å². The molecule has 0 aliphatic rings. The number of aryl methyl sites for hydroxylation is 1. The lowest BCUT2D eigenvalue weighted by atomic mass is 10.1. The van der Waals surface area contributed by atoms with Crippen molar-refractivity contribution in [1.82, 2.24) is 15.0 Å². The summed E-state index contributed by atoms with van der Waals surface area (Å²) in [4.78, 5) is 0. The zero-order chi connectivity index (χ0) is 14.1. The van der Waals surface area contributed by atoms with Crippen LogP contribution in [0.1, 0.15) is 59.1 Å². The van der Waals surface area contributed by atoms with Crippen LogP contribution in [0.4, 0.5) is 0 Å². The number of hydrogen-bond donors (Lipinski definition) is 0. The molecule has 1 aromatic heterocycles. The molecule has 0 aliphatic heterocycles. The van der Waals surface area contributed by atoms with Gasteiger partial charge in [-0.1, -0.05) is 39.3 Å². The lowest BCUT2D eigenvalue weighted by molar-refractivity contribution is 0.472. The lowest BCUT2D eigenvalue weighted by Crippen LogP contribution is -2.04. The largest absolute Gasteiger partial charge is 0.252 e. The van der Waals surface area contributed by atoms with Gasteiger partial charge in [-0.25, -0.2) is 0 Å². The van der Waals surface area contributed by atoms with Crippen LogP contribution >= 0.6 is 0 Å².